The van der Waals surface area contributed by atoms with Crippen LogP contribution in [0.15, 0.2) is 35.9 Å². The minimum atomic E-state index is 0.662. The summed E-state index contributed by atoms with van der Waals surface area (Å²) in [5.41, 5.74) is 2.43. The fourth-order valence-corrected chi connectivity index (χ4v) is 1.38. The van der Waals surface area contributed by atoms with Crippen molar-refractivity contribution in [2.45, 2.75) is 13.3 Å². The summed E-state index contributed by atoms with van der Waals surface area (Å²) < 4.78 is 0. The summed E-state index contributed by atoms with van der Waals surface area (Å²) in [6, 6.07) is 0. The van der Waals surface area contributed by atoms with Crippen LogP contribution in [-0.4, -0.2) is 0 Å². The normalized spacial score (nSPS) is 27.5. The average molecular weight is 148 g/mol. The maximum absolute atomic E-state index is 3.20. The molecule has 0 saturated carbocycles. The summed E-state index contributed by atoms with van der Waals surface area (Å²) in [7, 11) is 0. The van der Waals surface area contributed by atoms with Crippen LogP contribution < -0.4 is 10.6 Å². The first-order valence-electron chi connectivity index (χ1n) is 3.97. The van der Waals surface area contributed by atoms with Crippen molar-refractivity contribution in [3.8, 4) is 0 Å². The van der Waals surface area contributed by atoms with Gasteiger partial charge in [0.1, 0.15) is 0 Å². The Kier molecular flexibility index (Phi) is 1.46. The number of hydrogen-bond acceptors (Lipinski definition) is 2. The maximum Gasteiger partial charge on any atom is 0.0578 e. The third kappa shape index (κ3) is 1.16. The molecule has 2 rings (SSSR count). The minimum absolute atomic E-state index is 0.662. The number of rotatable bonds is 0. The molecule has 1 unspecified atom stereocenters. The molecular weight excluding hydrogens is 136 g/mol. The van der Waals surface area contributed by atoms with Crippen LogP contribution in [0.2, 0.25) is 0 Å². The number of hydrogen-bond donors (Lipinski definition) is 2. The van der Waals surface area contributed by atoms with Crippen LogP contribution in [-0.2, 0) is 0 Å². The average Bonchev–Trinajstić information content (AvgIpc) is 2.04. The standard InChI is InChI=1S/C9H12N2/c1-7-2-3-8-9(6-7)11-5-4-10-8/h3-7,10-11H,2H2,1H3. The largest absolute Gasteiger partial charge is 0.359 e. The Hall–Kier alpha value is -1.18. The van der Waals surface area contributed by atoms with Gasteiger partial charge < -0.3 is 10.6 Å². The molecule has 2 N–H and O–H groups in total. The van der Waals surface area contributed by atoms with Crippen molar-refractivity contribution in [2.75, 3.05) is 0 Å². The van der Waals surface area contributed by atoms with Crippen LogP contribution >= 0.6 is 0 Å². The van der Waals surface area contributed by atoms with E-state index in [0.29, 0.717) is 5.92 Å². The Morgan fingerprint density at radius 1 is 1.27 bits per heavy atom. The Bertz CT molecular complexity index is 248. The summed E-state index contributed by atoms with van der Waals surface area (Å²) in [5, 5.41) is 6.39. The lowest BCUT2D eigenvalue weighted by Gasteiger charge is -2.22. The minimum Gasteiger partial charge on any atom is -0.359 e. The highest BCUT2D eigenvalue weighted by Crippen LogP contribution is 2.20. The number of fused-ring (bicyclic) bond motifs is 1. The highest BCUT2D eigenvalue weighted by Gasteiger charge is 2.12. The van der Waals surface area contributed by atoms with E-state index in [-0.39, 0.29) is 0 Å². The predicted molar refractivity (Wildman–Crippen MR) is 45.4 cm³/mol. The monoisotopic (exact) mass is 148 g/mol. The van der Waals surface area contributed by atoms with Crippen molar-refractivity contribution in [1.82, 2.24) is 10.6 Å². The summed E-state index contributed by atoms with van der Waals surface area (Å²) in [5.74, 6) is 0.662. The highest BCUT2D eigenvalue weighted by molar-refractivity contribution is 5.36. The second kappa shape index (κ2) is 2.46. The second-order valence-electron chi connectivity index (χ2n) is 3.03. The molecule has 2 aliphatic rings. The van der Waals surface area contributed by atoms with Crippen LogP contribution in [0.25, 0.3) is 0 Å². The van der Waals surface area contributed by atoms with Crippen molar-refractivity contribution in [3.63, 3.8) is 0 Å². The Morgan fingerprint density at radius 3 is 2.82 bits per heavy atom. The van der Waals surface area contributed by atoms with Gasteiger partial charge in [-0.25, -0.2) is 0 Å². The van der Waals surface area contributed by atoms with Gasteiger partial charge in [0.25, 0.3) is 0 Å². The predicted octanol–water partition coefficient (Wildman–Crippen LogP) is 1.46. The van der Waals surface area contributed by atoms with Gasteiger partial charge in [0.2, 0.25) is 0 Å². The van der Waals surface area contributed by atoms with Gasteiger partial charge in [0.05, 0.1) is 11.4 Å². The van der Waals surface area contributed by atoms with E-state index in [1.165, 1.54) is 11.4 Å². The molecule has 0 aromatic carbocycles. The lowest BCUT2D eigenvalue weighted by molar-refractivity contribution is 0.695. The summed E-state index contributed by atoms with van der Waals surface area (Å²) >= 11 is 0. The number of allylic oxidation sites excluding steroid dienone is 2. The molecule has 0 saturated heterocycles. The van der Waals surface area contributed by atoms with Gasteiger partial charge in [-0.05, 0) is 12.3 Å². The molecule has 1 aliphatic heterocycles. The Labute approximate surface area is 66.7 Å². The van der Waals surface area contributed by atoms with E-state index >= 15 is 0 Å². The lowest BCUT2D eigenvalue weighted by atomic mass is 9.99. The molecule has 0 spiro atoms. The van der Waals surface area contributed by atoms with Crippen molar-refractivity contribution in [3.05, 3.63) is 35.9 Å². The summed E-state index contributed by atoms with van der Waals surface area (Å²) in [4.78, 5) is 0. The Morgan fingerprint density at radius 2 is 2.00 bits per heavy atom. The first kappa shape index (κ1) is 6.53. The molecule has 1 heterocycles. The molecule has 11 heavy (non-hydrogen) atoms. The SMILES string of the molecule is CC1C=C2NC=CNC2=CC1. The van der Waals surface area contributed by atoms with Crippen LogP contribution in [0, 0.1) is 5.92 Å². The third-order valence-electron chi connectivity index (χ3n) is 2.00. The lowest BCUT2D eigenvalue weighted by Crippen LogP contribution is -2.24. The zero-order valence-corrected chi connectivity index (χ0v) is 6.59. The molecular formula is C9H12N2. The topological polar surface area (TPSA) is 24.1 Å². The molecule has 0 fully saturated rings. The van der Waals surface area contributed by atoms with Gasteiger partial charge in [0.15, 0.2) is 0 Å². The fourth-order valence-electron chi connectivity index (χ4n) is 1.38. The van der Waals surface area contributed by atoms with Crippen molar-refractivity contribution < 1.29 is 0 Å². The van der Waals surface area contributed by atoms with Crippen LogP contribution in [0.1, 0.15) is 13.3 Å². The summed E-state index contributed by atoms with van der Waals surface area (Å²) in [6.07, 6.45) is 9.46. The van der Waals surface area contributed by atoms with E-state index in [4.69, 9.17) is 0 Å². The molecule has 0 bridgehead atoms. The van der Waals surface area contributed by atoms with E-state index in [1.807, 2.05) is 12.4 Å². The molecule has 1 atom stereocenters. The molecule has 0 radical (unpaired) electrons. The van der Waals surface area contributed by atoms with Gasteiger partial charge in [-0.2, -0.15) is 0 Å². The molecule has 58 valence electrons. The van der Waals surface area contributed by atoms with Crippen molar-refractivity contribution in [2.24, 2.45) is 5.92 Å². The first-order chi connectivity index (χ1) is 5.36. The molecule has 2 nitrogen and oxygen atoms in total. The van der Waals surface area contributed by atoms with E-state index in [2.05, 4.69) is 29.7 Å². The molecule has 1 aliphatic carbocycles. The zero-order valence-electron chi connectivity index (χ0n) is 6.59. The summed E-state index contributed by atoms with van der Waals surface area (Å²) in [6.45, 7) is 2.22. The first-order valence-corrected chi connectivity index (χ1v) is 3.97. The van der Waals surface area contributed by atoms with Crippen LogP contribution in [0.5, 0.6) is 0 Å². The van der Waals surface area contributed by atoms with Gasteiger partial charge in [-0.1, -0.05) is 19.1 Å². The smallest absolute Gasteiger partial charge is 0.0578 e. The van der Waals surface area contributed by atoms with Gasteiger partial charge in [-0.15, -0.1) is 0 Å². The molecule has 2 heteroatoms. The zero-order chi connectivity index (χ0) is 7.68. The van der Waals surface area contributed by atoms with Crippen LogP contribution in [0.4, 0.5) is 0 Å². The quantitative estimate of drug-likeness (QED) is 0.543. The van der Waals surface area contributed by atoms with Crippen LogP contribution in [0.3, 0.4) is 0 Å². The van der Waals surface area contributed by atoms with Crippen molar-refractivity contribution in [1.29, 1.82) is 0 Å². The molecule has 0 aromatic rings. The maximum atomic E-state index is 3.20. The number of nitrogens with one attached hydrogen (secondary N) is 2. The van der Waals surface area contributed by atoms with E-state index < -0.39 is 0 Å². The van der Waals surface area contributed by atoms with Gasteiger partial charge in [-0.3, -0.25) is 0 Å². The Balaban J connectivity index is 2.28. The molecule has 0 amide bonds. The second-order valence-corrected chi connectivity index (χ2v) is 3.03. The van der Waals surface area contributed by atoms with E-state index in [0.717, 1.165) is 6.42 Å². The van der Waals surface area contributed by atoms with Gasteiger partial charge >= 0.3 is 0 Å². The van der Waals surface area contributed by atoms with Gasteiger partial charge in [0, 0.05) is 12.4 Å². The van der Waals surface area contributed by atoms with E-state index in [9.17, 15) is 0 Å². The molecule has 0 aromatic heterocycles. The van der Waals surface area contributed by atoms with Crippen molar-refractivity contribution >= 4 is 0 Å². The fraction of sp³-hybridized carbons (Fsp3) is 0.333. The van der Waals surface area contributed by atoms with E-state index in [1.54, 1.807) is 0 Å². The highest BCUT2D eigenvalue weighted by atomic mass is 15.0. The third-order valence-corrected chi connectivity index (χ3v) is 2.00.